The molecule has 0 aromatic heterocycles. The molecule has 0 bridgehead atoms. The zero-order valence-electron chi connectivity index (χ0n) is 14.3. The van der Waals surface area contributed by atoms with Gasteiger partial charge in [0.2, 0.25) is 6.19 Å². The summed E-state index contributed by atoms with van der Waals surface area (Å²) in [5, 5.41) is 31.8. The van der Waals surface area contributed by atoms with Crippen LogP contribution in [0.3, 0.4) is 0 Å². The van der Waals surface area contributed by atoms with Crippen LogP contribution in [0.15, 0.2) is 17.1 Å². The number of benzene rings is 1. The molecule has 0 radical (unpaired) electrons. The molecular weight excluding hydrogens is 405 g/mol. The van der Waals surface area contributed by atoms with Crippen LogP contribution < -0.4 is 4.90 Å². The van der Waals surface area contributed by atoms with Crippen LogP contribution >= 0.6 is 11.8 Å². The first-order valence-corrected chi connectivity index (χ1v) is 8.87. The molecule has 0 amide bonds. The van der Waals surface area contributed by atoms with Gasteiger partial charge in [-0.2, -0.15) is 18.4 Å². The zero-order valence-corrected chi connectivity index (χ0v) is 15.2. The SMILES string of the molecule is CSC(=NC#N)N1CCN(c2c([N+](=O)[O-])cc(C(F)(F)F)cc2[N+](=O)[O-])CC1. The van der Waals surface area contributed by atoms with Crippen molar-refractivity contribution in [1.29, 1.82) is 5.26 Å². The van der Waals surface area contributed by atoms with Gasteiger partial charge in [-0.1, -0.05) is 11.8 Å². The van der Waals surface area contributed by atoms with E-state index >= 15 is 0 Å². The molecule has 1 aliphatic heterocycles. The first-order chi connectivity index (χ1) is 13.1. The predicted octanol–water partition coefficient (Wildman–Crippen LogP) is 2.84. The number of hydrogen-bond donors (Lipinski definition) is 0. The van der Waals surface area contributed by atoms with E-state index < -0.39 is 38.6 Å². The van der Waals surface area contributed by atoms with Gasteiger partial charge >= 0.3 is 6.18 Å². The minimum atomic E-state index is -4.96. The molecule has 0 N–H and O–H groups in total. The summed E-state index contributed by atoms with van der Waals surface area (Å²) in [5.41, 5.74) is -3.89. The third-order valence-corrected chi connectivity index (χ3v) is 4.70. The van der Waals surface area contributed by atoms with E-state index in [4.69, 9.17) is 5.26 Å². The van der Waals surface area contributed by atoms with Crippen molar-refractivity contribution < 1.29 is 23.0 Å². The number of nitro benzene ring substituents is 2. The number of nitro groups is 2. The van der Waals surface area contributed by atoms with E-state index in [1.165, 1.54) is 16.7 Å². The molecule has 150 valence electrons. The second-order valence-corrected chi connectivity index (χ2v) is 6.32. The lowest BCUT2D eigenvalue weighted by Gasteiger charge is -2.36. The zero-order chi connectivity index (χ0) is 21.1. The normalized spacial score (nSPS) is 15.3. The topological polar surface area (TPSA) is 129 Å². The van der Waals surface area contributed by atoms with Gasteiger partial charge in [-0.15, -0.1) is 4.99 Å². The van der Waals surface area contributed by atoms with Crippen LogP contribution in [0, 0.1) is 31.7 Å². The van der Waals surface area contributed by atoms with E-state index in [2.05, 4.69) is 4.99 Å². The number of hydrogen-bond acceptors (Lipinski definition) is 8. The van der Waals surface area contributed by atoms with Crippen molar-refractivity contribution in [2.75, 3.05) is 37.3 Å². The van der Waals surface area contributed by atoms with Crippen molar-refractivity contribution in [2.45, 2.75) is 6.18 Å². The van der Waals surface area contributed by atoms with Crippen molar-refractivity contribution >= 4 is 34.0 Å². The molecule has 28 heavy (non-hydrogen) atoms. The molecule has 0 atom stereocenters. The standard InChI is InChI=1S/C14H13F3N6O4S/c1-28-13(19-8-18)21-4-2-20(3-5-21)12-10(22(24)25)6-9(14(15,16)17)7-11(12)23(26)27/h6-7H,2-5H2,1H3. The number of piperazine rings is 1. The number of thioether (sulfide) groups is 1. The highest BCUT2D eigenvalue weighted by molar-refractivity contribution is 8.13. The quantitative estimate of drug-likeness (QED) is 0.241. The van der Waals surface area contributed by atoms with Crippen molar-refractivity contribution in [3.63, 3.8) is 0 Å². The number of alkyl halides is 3. The molecule has 1 heterocycles. The Balaban J connectivity index is 2.46. The Labute approximate surface area is 160 Å². The molecule has 10 nitrogen and oxygen atoms in total. The van der Waals surface area contributed by atoms with Gasteiger partial charge < -0.3 is 9.80 Å². The van der Waals surface area contributed by atoms with Crippen molar-refractivity contribution in [3.05, 3.63) is 37.9 Å². The van der Waals surface area contributed by atoms with Crippen LogP contribution in [-0.4, -0.2) is 52.3 Å². The Hall–Kier alpha value is -3.08. The van der Waals surface area contributed by atoms with E-state index in [9.17, 15) is 33.4 Å². The summed E-state index contributed by atoms with van der Waals surface area (Å²) in [6, 6.07) is 0.609. The van der Waals surface area contributed by atoms with Crippen LogP contribution in [0.1, 0.15) is 5.56 Å². The predicted molar refractivity (Wildman–Crippen MR) is 95.1 cm³/mol. The largest absolute Gasteiger partial charge is 0.416 e. The molecule has 0 saturated carbocycles. The fraction of sp³-hybridized carbons (Fsp3) is 0.429. The van der Waals surface area contributed by atoms with Crippen molar-refractivity contribution in [3.8, 4) is 6.19 Å². The summed E-state index contributed by atoms with van der Waals surface area (Å²) in [4.78, 5) is 27.2. The van der Waals surface area contributed by atoms with Gasteiger partial charge in [-0.25, -0.2) is 0 Å². The van der Waals surface area contributed by atoms with Crippen molar-refractivity contribution in [2.24, 2.45) is 4.99 Å². The minimum Gasteiger partial charge on any atom is -0.357 e. The summed E-state index contributed by atoms with van der Waals surface area (Å²) in [7, 11) is 0. The van der Waals surface area contributed by atoms with E-state index in [1.807, 2.05) is 0 Å². The number of nitrogens with zero attached hydrogens (tertiary/aromatic N) is 6. The van der Waals surface area contributed by atoms with Gasteiger partial charge in [0.1, 0.15) is 0 Å². The van der Waals surface area contributed by atoms with Crippen LogP contribution in [-0.2, 0) is 6.18 Å². The molecule has 1 fully saturated rings. The van der Waals surface area contributed by atoms with E-state index in [-0.39, 0.29) is 26.2 Å². The van der Waals surface area contributed by atoms with Gasteiger partial charge in [0.15, 0.2) is 10.9 Å². The lowest BCUT2D eigenvalue weighted by atomic mass is 10.1. The van der Waals surface area contributed by atoms with Gasteiger partial charge in [-0.05, 0) is 6.26 Å². The Bertz CT molecular complexity index is 827. The summed E-state index contributed by atoms with van der Waals surface area (Å²) < 4.78 is 39.0. The number of halogens is 3. The molecule has 0 spiro atoms. The summed E-state index contributed by atoms with van der Waals surface area (Å²) in [5.74, 6) is 0. The third-order valence-electron chi connectivity index (χ3n) is 3.99. The fourth-order valence-corrected chi connectivity index (χ4v) is 3.35. The number of nitriles is 1. The lowest BCUT2D eigenvalue weighted by Crippen LogP contribution is -2.48. The third kappa shape index (κ3) is 4.42. The van der Waals surface area contributed by atoms with Gasteiger partial charge in [0, 0.05) is 38.3 Å². The number of rotatable bonds is 3. The summed E-state index contributed by atoms with van der Waals surface area (Å²) in [6.45, 7) is 0.601. The minimum absolute atomic E-state index is 0.0675. The molecule has 1 saturated heterocycles. The van der Waals surface area contributed by atoms with Gasteiger partial charge in [-0.3, -0.25) is 20.2 Å². The highest BCUT2D eigenvalue weighted by atomic mass is 32.2. The molecule has 0 unspecified atom stereocenters. The number of aliphatic imine (C=N–C) groups is 1. The van der Waals surface area contributed by atoms with Crippen molar-refractivity contribution in [1.82, 2.24) is 4.90 Å². The monoisotopic (exact) mass is 418 g/mol. The van der Waals surface area contributed by atoms with Crippen LogP contribution in [0.2, 0.25) is 0 Å². The Kier molecular flexibility index (Phi) is 6.29. The molecular formula is C14H13F3N6O4S. The van der Waals surface area contributed by atoms with E-state index in [0.717, 1.165) is 0 Å². The van der Waals surface area contributed by atoms with Crippen LogP contribution in [0.4, 0.5) is 30.2 Å². The van der Waals surface area contributed by atoms with E-state index in [0.29, 0.717) is 17.3 Å². The maximum Gasteiger partial charge on any atom is 0.416 e. The molecule has 1 aromatic carbocycles. The maximum atomic E-state index is 13.0. The second kappa shape index (κ2) is 8.30. The Morgan fingerprint density at radius 2 is 1.68 bits per heavy atom. The summed E-state index contributed by atoms with van der Waals surface area (Å²) in [6.07, 6.45) is -1.61. The fourth-order valence-electron chi connectivity index (χ4n) is 2.78. The molecule has 1 aromatic rings. The average molecular weight is 418 g/mol. The lowest BCUT2D eigenvalue weighted by molar-refractivity contribution is -0.393. The Morgan fingerprint density at radius 3 is 2.04 bits per heavy atom. The van der Waals surface area contributed by atoms with Crippen LogP contribution in [0.5, 0.6) is 0 Å². The summed E-state index contributed by atoms with van der Waals surface area (Å²) >= 11 is 1.21. The first-order valence-electron chi connectivity index (χ1n) is 7.64. The molecule has 1 aliphatic rings. The molecule has 2 rings (SSSR count). The first kappa shape index (κ1) is 21.2. The second-order valence-electron chi connectivity index (χ2n) is 5.55. The van der Waals surface area contributed by atoms with Gasteiger partial charge in [0.05, 0.1) is 15.4 Å². The Morgan fingerprint density at radius 1 is 1.18 bits per heavy atom. The average Bonchev–Trinajstić information content (AvgIpc) is 2.64. The highest BCUT2D eigenvalue weighted by Crippen LogP contribution is 2.43. The van der Waals surface area contributed by atoms with Crippen LogP contribution in [0.25, 0.3) is 0 Å². The van der Waals surface area contributed by atoms with E-state index in [1.54, 1.807) is 17.3 Å². The number of amidine groups is 1. The molecule has 0 aliphatic carbocycles. The maximum absolute atomic E-state index is 13.0. The van der Waals surface area contributed by atoms with Gasteiger partial charge in [0.25, 0.3) is 11.4 Å². The highest BCUT2D eigenvalue weighted by Gasteiger charge is 2.39. The molecule has 14 heteroatoms. The number of anilines is 1. The smallest absolute Gasteiger partial charge is 0.357 e.